The standard InChI is InChI=1S/C17H15NO5S/c1-3-9-23-13-7-5-12(6-8-13)10-14-16(20)18(17(21)24-14)11-15(19)22-4-2/h1,5-8,10H,4,9,11H2,2H3/b14-10+. The van der Waals surface area contributed by atoms with Crippen molar-refractivity contribution in [1.29, 1.82) is 0 Å². The van der Waals surface area contributed by atoms with Gasteiger partial charge in [-0.2, -0.15) is 0 Å². The van der Waals surface area contributed by atoms with Crippen LogP contribution in [0.15, 0.2) is 29.2 Å². The van der Waals surface area contributed by atoms with E-state index < -0.39 is 17.1 Å². The summed E-state index contributed by atoms with van der Waals surface area (Å²) in [4.78, 5) is 36.7. The molecule has 0 bridgehead atoms. The summed E-state index contributed by atoms with van der Waals surface area (Å²) < 4.78 is 10.0. The van der Waals surface area contributed by atoms with Crippen molar-refractivity contribution in [3.63, 3.8) is 0 Å². The summed E-state index contributed by atoms with van der Waals surface area (Å²) in [7, 11) is 0. The Bertz CT molecular complexity index is 717. The first-order chi connectivity index (χ1) is 11.5. The third kappa shape index (κ3) is 4.40. The summed E-state index contributed by atoms with van der Waals surface area (Å²) >= 11 is 0.788. The lowest BCUT2D eigenvalue weighted by Gasteiger charge is -2.10. The van der Waals surface area contributed by atoms with Gasteiger partial charge in [-0.1, -0.05) is 18.1 Å². The summed E-state index contributed by atoms with van der Waals surface area (Å²) in [6.07, 6.45) is 6.70. The highest BCUT2D eigenvalue weighted by atomic mass is 32.2. The third-order valence-electron chi connectivity index (χ3n) is 2.97. The van der Waals surface area contributed by atoms with E-state index in [0.717, 1.165) is 22.2 Å². The molecule has 1 saturated heterocycles. The van der Waals surface area contributed by atoms with E-state index in [1.54, 1.807) is 37.3 Å². The van der Waals surface area contributed by atoms with Gasteiger partial charge in [0.2, 0.25) is 0 Å². The maximum absolute atomic E-state index is 12.2. The fourth-order valence-electron chi connectivity index (χ4n) is 1.91. The van der Waals surface area contributed by atoms with E-state index in [4.69, 9.17) is 15.9 Å². The first kappa shape index (κ1) is 17.6. The van der Waals surface area contributed by atoms with E-state index in [1.165, 1.54) is 0 Å². The minimum atomic E-state index is -0.615. The molecule has 1 heterocycles. The van der Waals surface area contributed by atoms with Gasteiger partial charge in [0.15, 0.2) is 0 Å². The minimum Gasteiger partial charge on any atom is -0.481 e. The second-order valence-corrected chi connectivity index (χ2v) is 5.63. The zero-order valence-corrected chi connectivity index (χ0v) is 13.8. The maximum atomic E-state index is 12.2. The van der Waals surface area contributed by atoms with Gasteiger partial charge in [-0.15, -0.1) is 6.42 Å². The summed E-state index contributed by atoms with van der Waals surface area (Å²) in [5.74, 6) is 1.85. The number of esters is 1. The topological polar surface area (TPSA) is 72.9 Å². The summed E-state index contributed by atoms with van der Waals surface area (Å²) in [5, 5.41) is -0.492. The predicted octanol–water partition coefficient (Wildman–Crippen LogP) is 2.30. The number of imide groups is 1. The number of carbonyl (C=O) groups is 3. The highest BCUT2D eigenvalue weighted by molar-refractivity contribution is 8.18. The number of benzene rings is 1. The number of rotatable bonds is 6. The Morgan fingerprint density at radius 3 is 2.67 bits per heavy atom. The monoisotopic (exact) mass is 345 g/mol. The molecule has 0 saturated carbocycles. The Hall–Kier alpha value is -2.72. The van der Waals surface area contributed by atoms with Crippen LogP contribution in [0.3, 0.4) is 0 Å². The molecule has 1 aromatic rings. The lowest BCUT2D eigenvalue weighted by Crippen LogP contribution is -2.34. The van der Waals surface area contributed by atoms with E-state index in [1.807, 2.05) is 0 Å². The van der Waals surface area contributed by atoms with Crippen molar-refractivity contribution in [3.8, 4) is 18.1 Å². The Labute approximate surface area is 143 Å². The van der Waals surface area contributed by atoms with Crippen LogP contribution in [0.5, 0.6) is 5.75 Å². The number of amides is 2. The van der Waals surface area contributed by atoms with Crippen LogP contribution in [-0.4, -0.2) is 41.8 Å². The molecule has 1 aliphatic heterocycles. The molecule has 24 heavy (non-hydrogen) atoms. The van der Waals surface area contributed by atoms with Crippen molar-refractivity contribution >= 4 is 35.0 Å². The Balaban J connectivity index is 2.08. The molecule has 6 nitrogen and oxygen atoms in total. The molecule has 124 valence electrons. The summed E-state index contributed by atoms with van der Waals surface area (Å²) in [6, 6.07) is 6.91. The number of hydrogen-bond donors (Lipinski definition) is 0. The van der Waals surface area contributed by atoms with Crippen molar-refractivity contribution in [1.82, 2.24) is 4.90 Å². The average Bonchev–Trinajstić information content (AvgIpc) is 2.82. The van der Waals surface area contributed by atoms with Gasteiger partial charge >= 0.3 is 5.97 Å². The molecular formula is C17H15NO5S. The van der Waals surface area contributed by atoms with Crippen LogP contribution in [0, 0.1) is 12.3 Å². The first-order valence-corrected chi connectivity index (χ1v) is 7.94. The zero-order valence-electron chi connectivity index (χ0n) is 13.0. The van der Waals surface area contributed by atoms with Crippen molar-refractivity contribution in [2.24, 2.45) is 0 Å². The van der Waals surface area contributed by atoms with Crippen LogP contribution >= 0.6 is 11.8 Å². The molecule has 1 aromatic carbocycles. The number of ether oxygens (including phenoxy) is 2. The Kier molecular flexibility index (Phi) is 6.04. The molecule has 2 rings (SSSR count). The van der Waals surface area contributed by atoms with Gasteiger partial charge in [-0.25, -0.2) is 0 Å². The molecule has 0 aliphatic carbocycles. The van der Waals surface area contributed by atoms with Crippen LogP contribution in [0.4, 0.5) is 4.79 Å². The van der Waals surface area contributed by atoms with E-state index in [2.05, 4.69) is 5.92 Å². The molecule has 0 N–H and O–H groups in total. The third-order valence-corrected chi connectivity index (χ3v) is 3.87. The van der Waals surface area contributed by atoms with Crippen molar-refractivity contribution in [2.75, 3.05) is 19.8 Å². The molecule has 0 atom stereocenters. The smallest absolute Gasteiger partial charge is 0.326 e. The van der Waals surface area contributed by atoms with Crippen LogP contribution < -0.4 is 4.74 Å². The van der Waals surface area contributed by atoms with Gasteiger partial charge in [0.05, 0.1) is 11.5 Å². The van der Waals surface area contributed by atoms with Gasteiger partial charge in [-0.3, -0.25) is 19.3 Å². The lowest BCUT2D eigenvalue weighted by atomic mass is 10.2. The van der Waals surface area contributed by atoms with Gasteiger partial charge in [0, 0.05) is 0 Å². The molecule has 1 fully saturated rings. The average molecular weight is 345 g/mol. The largest absolute Gasteiger partial charge is 0.481 e. The lowest BCUT2D eigenvalue weighted by molar-refractivity contribution is -0.145. The van der Waals surface area contributed by atoms with E-state index in [-0.39, 0.29) is 24.7 Å². The number of carbonyl (C=O) groups excluding carboxylic acids is 3. The number of terminal acetylenes is 1. The second-order valence-electron chi connectivity index (χ2n) is 4.63. The number of thioether (sulfide) groups is 1. The van der Waals surface area contributed by atoms with Gasteiger partial charge in [0.25, 0.3) is 11.1 Å². The van der Waals surface area contributed by atoms with Crippen LogP contribution in [0.25, 0.3) is 6.08 Å². The highest BCUT2D eigenvalue weighted by Gasteiger charge is 2.36. The van der Waals surface area contributed by atoms with Gasteiger partial charge in [0.1, 0.15) is 18.9 Å². The molecule has 7 heteroatoms. The quantitative estimate of drug-likeness (QED) is 0.447. The molecular weight excluding hydrogens is 330 g/mol. The highest BCUT2D eigenvalue weighted by Crippen LogP contribution is 2.32. The fraction of sp³-hybridized carbons (Fsp3) is 0.235. The molecule has 0 radical (unpaired) electrons. The zero-order chi connectivity index (χ0) is 17.5. The minimum absolute atomic E-state index is 0.173. The van der Waals surface area contributed by atoms with E-state index >= 15 is 0 Å². The fourth-order valence-corrected chi connectivity index (χ4v) is 2.75. The Morgan fingerprint density at radius 1 is 1.33 bits per heavy atom. The predicted molar refractivity (Wildman–Crippen MR) is 90.1 cm³/mol. The van der Waals surface area contributed by atoms with E-state index in [0.29, 0.717) is 5.75 Å². The molecule has 0 unspecified atom stereocenters. The number of hydrogen-bond acceptors (Lipinski definition) is 6. The van der Waals surface area contributed by atoms with Crippen LogP contribution in [0.1, 0.15) is 12.5 Å². The molecule has 0 aromatic heterocycles. The molecule has 0 spiro atoms. The van der Waals surface area contributed by atoms with Gasteiger partial charge in [-0.05, 0) is 42.5 Å². The van der Waals surface area contributed by atoms with Crippen molar-refractivity contribution in [3.05, 3.63) is 34.7 Å². The summed E-state index contributed by atoms with van der Waals surface area (Å²) in [6.45, 7) is 1.64. The SMILES string of the molecule is C#CCOc1ccc(/C=C2/SC(=O)N(CC(=O)OCC)C2=O)cc1. The van der Waals surface area contributed by atoms with Crippen LogP contribution in [-0.2, 0) is 14.3 Å². The maximum Gasteiger partial charge on any atom is 0.326 e. The second kappa shape index (κ2) is 8.22. The van der Waals surface area contributed by atoms with Crippen molar-refractivity contribution in [2.45, 2.75) is 6.92 Å². The Morgan fingerprint density at radius 2 is 2.04 bits per heavy atom. The summed E-state index contributed by atoms with van der Waals surface area (Å²) in [5.41, 5.74) is 0.727. The van der Waals surface area contributed by atoms with Crippen molar-refractivity contribution < 1.29 is 23.9 Å². The number of nitrogens with zero attached hydrogens (tertiary/aromatic N) is 1. The van der Waals surface area contributed by atoms with E-state index in [9.17, 15) is 14.4 Å². The van der Waals surface area contributed by atoms with Gasteiger partial charge < -0.3 is 9.47 Å². The van der Waals surface area contributed by atoms with Crippen LogP contribution in [0.2, 0.25) is 0 Å². The molecule has 1 aliphatic rings. The molecule has 2 amide bonds. The normalized spacial score (nSPS) is 15.5. The first-order valence-electron chi connectivity index (χ1n) is 7.12.